The van der Waals surface area contributed by atoms with E-state index in [2.05, 4.69) is 5.32 Å². The van der Waals surface area contributed by atoms with E-state index in [4.69, 9.17) is 11.6 Å². The number of hydrogen-bond acceptors (Lipinski definition) is 2. The molecular formula is C22H25ClN2O2. The number of fused-ring (bicyclic) bond motifs is 1. The first-order chi connectivity index (χ1) is 12.7. The van der Waals surface area contributed by atoms with Gasteiger partial charge in [-0.05, 0) is 40.3 Å². The summed E-state index contributed by atoms with van der Waals surface area (Å²) in [6, 6.07) is 13.3. The highest BCUT2D eigenvalue weighted by Crippen LogP contribution is 2.29. The molecule has 0 bridgehead atoms. The molecule has 27 heavy (non-hydrogen) atoms. The van der Waals surface area contributed by atoms with E-state index in [1.165, 1.54) is 0 Å². The Hall–Kier alpha value is -2.33. The number of halogens is 1. The molecule has 0 unspecified atom stereocenters. The van der Waals surface area contributed by atoms with E-state index in [1.54, 1.807) is 0 Å². The highest BCUT2D eigenvalue weighted by molar-refractivity contribution is 6.31. The molecule has 2 aromatic rings. The summed E-state index contributed by atoms with van der Waals surface area (Å²) >= 11 is 6.23. The number of amides is 2. The number of carbonyl (C=O) groups excluding carboxylic acids is 2. The number of nitrogens with zero attached hydrogens (tertiary/aromatic N) is 1. The summed E-state index contributed by atoms with van der Waals surface area (Å²) in [5.41, 5.74) is 3.79. The average molecular weight is 385 g/mol. The topological polar surface area (TPSA) is 49.4 Å². The summed E-state index contributed by atoms with van der Waals surface area (Å²) in [6.45, 7) is 7.27. The molecule has 0 atom stereocenters. The molecule has 0 saturated heterocycles. The highest BCUT2D eigenvalue weighted by Gasteiger charge is 2.24. The summed E-state index contributed by atoms with van der Waals surface area (Å²) in [7, 11) is 0. The van der Waals surface area contributed by atoms with E-state index >= 15 is 0 Å². The van der Waals surface area contributed by atoms with E-state index in [1.807, 2.05) is 68.1 Å². The van der Waals surface area contributed by atoms with Crippen molar-refractivity contribution in [2.24, 2.45) is 5.41 Å². The number of anilines is 1. The zero-order valence-electron chi connectivity index (χ0n) is 16.0. The lowest BCUT2D eigenvalue weighted by Crippen LogP contribution is -2.26. The Morgan fingerprint density at radius 3 is 2.41 bits per heavy atom. The van der Waals surface area contributed by atoms with Crippen molar-refractivity contribution in [3.63, 3.8) is 0 Å². The van der Waals surface area contributed by atoms with Crippen molar-refractivity contribution in [2.45, 2.75) is 46.7 Å². The van der Waals surface area contributed by atoms with Gasteiger partial charge in [0.25, 0.3) is 0 Å². The number of nitrogens with one attached hydrogen (secondary N) is 1. The van der Waals surface area contributed by atoms with Crippen LogP contribution in [0, 0.1) is 5.41 Å². The van der Waals surface area contributed by atoms with E-state index in [0.29, 0.717) is 25.9 Å². The summed E-state index contributed by atoms with van der Waals surface area (Å²) in [6.07, 6.45) is 0.799. The van der Waals surface area contributed by atoms with Crippen molar-refractivity contribution < 1.29 is 9.59 Å². The first-order valence-electron chi connectivity index (χ1n) is 9.14. The van der Waals surface area contributed by atoms with E-state index in [-0.39, 0.29) is 17.2 Å². The summed E-state index contributed by atoms with van der Waals surface area (Å²) < 4.78 is 0. The maximum absolute atomic E-state index is 12.6. The largest absolute Gasteiger partial charge is 0.334 e. The van der Waals surface area contributed by atoms with Crippen molar-refractivity contribution in [3.05, 3.63) is 64.2 Å². The second kappa shape index (κ2) is 7.73. The van der Waals surface area contributed by atoms with E-state index < -0.39 is 0 Å². The highest BCUT2D eigenvalue weighted by atomic mass is 35.5. The molecule has 142 valence electrons. The fraction of sp³-hybridized carbons (Fsp3) is 0.364. The first-order valence-corrected chi connectivity index (χ1v) is 9.52. The quantitative estimate of drug-likeness (QED) is 0.823. The molecule has 3 rings (SSSR count). The molecule has 4 nitrogen and oxygen atoms in total. The third kappa shape index (κ3) is 5.10. The molecule has 0 saturated carbocycles. The average Bonchev–Trinajstić information content (AvgIpc) is 3.01. The predicted octanol–water partition coefficient (Wildman–Crippen LogP) is 4.80. The lowest BCUT2D eigenvalue weighted by molar-refractivity contribution is -0.131. The molecule has 2 aromatic carbocycles. The van der Waals surface area contributed by atoms with Crippen molar-refractivity contribution in [1.82, 2.24) is 4.90 Å². The lowest BCUT2D eigenvalue weighted by Gasteiger charge is -2.17. The Balaban J connectivity index is 1.57. The van der Waals surface area contributed by atoms with Gasteiger partial charge in [0.05, 0.1) is 6.42 Å². The Bertz CT molecular complexity index is 854. The van der Waals surface area contributed by atoms with Crippen LogP contribution in [0.1, 0.15) is 43.9 Å². The smallest absolute Gasteiger partial charge is 0.227 e. The van der Waals surface area contributed by atoms with Gasteiger partial charge in [-0.3, -0.25) is 9.59 Å². The minimum absolute atomic E-state index is 0.00182. The Labute approximate surface area is 165 Å². The van der Waals surface area contributed by atoms with Gasteiger partial charge in [0.1, 0.15) is 0 Å². The molecule has 0 fully saturated rings. The predicted molar refractivity (Wildman–Crippen MR) is 109 cm³/mol. The minimum atomic E-state index is -0.0490. The molecule has 0 radical (unpaired) electrons. The molecular weight excluding hydrogens is 360 g/mol. The first kappa shape index (κ1) is 19.4. The third-order valence-electron chi connectivity index (χ3n) is 4.56. The molecule has 2 amide bonds. The number of hydrogen-bond donors (Lipinski definition) is 1. The molecule has 0 spiro atoms. The monoisotopic (exact) mass is 384 g/mol. The number of benzene rings is 2. The van der Waals surface area contributed by atoms with Gasteiger partial charge >= 0.3 is 0 Å². The van der Waals surface area contributed by atoms with Crippen LogP contribution >= 0.6 is 11.6 Å². The van der Waals surface area contributed by atoms with E-state index in [9.17, 15) is 9.59 Å². The van der Waals surface area contributed by atoms with Gasteiger partial charge in [-0.1, -0.05) is 56.6 Å². The molecule has 0 aliphatic carbocycles. The maximum atomic E-state index is 12.6. The van der Waals surface area contributed by atoms with Gasteiger partial charge in [-0.15, -0.1) is 0 Å². The molecule has 1 aliphatic rings. The summed E-state index contributed by atoms with van der Waals surface area (Å²) in [4.78, 5) is 26.5. The molecule has 1 N–H and O–H groups in total. The third-order valence-corrected chi connectivity index (χ3v) is 4.92. The SMILES string of the molecule is CC(C)(C)CC(=O)Nc1ccc(CC(=O)N2Cc3cccc(Cl)c3C2)cc1. The summed E-state index contributed by atoms with van der Waals surface area (Å²) in [5.74, 6) is 0.0739. The van der Waals surface area contributed by atoms with Gasteiger partial charge in [0, 0.05) is 30.2 Å². The van der Waals surface area contributed by atoms with Crippen LogP contribution in [0.4, 0.5) is 5.69 Å². The van der Waals surface area contributed by atoms with Crippen molar-refractivity contribution in [3.8, 4) is 0 Å². The number of rotatable bonds is 4. The molecule has 1 heterocycles. The molecule has 0 aromatic heterocycles. The second-order valence-corrected chi connectivity index (χ2v) is 8.69. The van der Waals surface area contributed by atoms with Crippen LogP contribution in [0.2, 0.25) is 5.02 Å². The normalized spacial score (nSPS) is 13.4. The van der Waals surface area contributed by atoms with Gasteiger partial charge in [-0.2, -0.15) is 0 Å². The zero-order chi connectivity index (χ0) is 19.6. The van der Waals surface area contributed by atoms with Crippen LogP contribution in [0.25, 0.3) is 0 Å². The van der Waals surface area contributed by atoms with Gasteiger partial charge in [-0.25, -0.2) is 0 Å². The summed E-state index contributed by atoms with van der Waals surface area (Å²) in [5, 5.41) is 3.62. The lowest BCUT2D eigenvalue weighted by atomic mass is 9.92. The molecule has 5 heteroatoms. The number of carbonyl (C=O) groups is 2. The van der Waals surface area contributed by atoms with Gasteiger partial charge in [0.2, 0.25) is 11.8 Å². The van der Waals surface area contributed by atoms with Crippen LogP contribution in [0.5, 0.6) is 0 Å². The van der Waals surface area contributed by atoms with Crippen molar-refractivity contribution >= 4 is 29.1 Å². The zero-order valence-corrected chi connectivity index (χ0v) is 16.8. The standard InChI is InChI=1S/C22H25ClN2O2/c1-22(2,3)12-20(26)24-17-9-7-15(8-10-17)11-21(27)25-13-16-5-4-6-19(23)18(16)14-25/h4-10H,11-14H2,1-3H3,(H,24,26). The van der Waals surface area contributed by atoms with Crippen LogP contribution in [-0.4, -0.2) is 16.7 Å². The fourth-order valence-corrected chi connectivity index (χ4v) is 3.49. The maximum Gasteiger partial charge on any atom is 0.227 e. The van der Waals surface area contributed by atoms with Crippen molar-refractivity contribution in [2.75, 3.05) is 5.32 Å². The van der Waals surface area contributed by atoms with Crippen molar-refractivity contribution in [1.29, 1.82) is 0 Å². The Kier molecular flexibility index (Phi) is 5.56. The fourth-order valence-electron chi connectivity index (χ4n) is 3.24. The van der Waals surface area contributed by atoms with Gasteiger partial charge < -0.3 is 10.2 Å². The Morgan fingerprint density at radius 1 is 1.07 bits per heavy atom. The van der Waals surface area contributed by atoms with Crippen LogP contribution < -0.4 is 5.32 Å². The second-order valence-electron chi connectivity index (χ2n) is 8.29. The van der Waals surface area contributed by atoms with E-state index in [0.717, 1.165) is 27.4 Å². The Morgan fingerprint density at radius 2 is 1.78 bits per heavy atom. The molecule has 1 aliphatic heterocycles. The van der Waals surface area contributed by atoms with Crippen LogP contribution in [-0.2, 0) is 29.1 Å². The van der Waals surface area contributed by atoms with Gasteiger partial charge in [0.15, 0.2) is 0 Å². The van der Waals surface area contributed by atoms with Crippen LogP contribution in [0.3, 0.4) is 0 Å². The minimum Gasteiger partial charge on any atom is -0.334 e. The van der Waals surface area contributed by atoms with Crippen LogP contribution in [0.15, 0.2) is 42.5 Å².